The van der Waals surface area contributed by atoms with Crippen LogP contribution in [0.4, 0.5) is 0 Å². The molecule has 0 amide bonds. The van der Waals surface area contributed by atoms with E-state index in [4.69, 9.17) is 24.1 Å². The number of aliphatic hydroxyl groups excluding tert-OH is 6. The second-order valence-electron chi connectivity index (χ2n) is 6.05. The quantitative estimate of drug-likeness (QED) is 0.281. The third kappa shape index (κ3) is 3.73. The van der Waals surface area contributed by atoms with Crippen molar-refractivity contribution in [2.24, 2.45) is 0 Å². The van der Waals surface area contributed by atoms with Crippen molar-refractivity contribution in [3.8, 4) is 0 Å². The number of hydrogen-bond donors (Lipinski definition) is 6. The van der Waals surface area contributed by atoms with E-state index < -0.39 is 74.4 Å². The maximum absolute atomic E-state index is 10.2. The predicted octanol–water partition coefficient (Wildman–Crippen LogP) is -3.67. The molecule has 2 aliphatic heterocycles. The van der Waals surface area contributed by atoms with Gasteiger partial charge in [0.15, 0.2) is 6.29 Å². The standard InChI is InChI=1S/C14H26O10/c1-5-8(18)12(9(19)7(4-16)22-5)24-14-10(20)13(21-2)11(23-14)6(17)3-15/h5-20H,3-4H2,1-2H3/t5-,6-,7?,8?,9+,10+,11+,12-,13?,14+/m1/s1. The minimum Gasteiger partial charge on any atom is -0.394 e. The van der Waals surface area contributed by atoms with Gasteiger partial charge < -0.3 is 49.6 Å². The molecular formula is C14H26O10. The zero-order valence-corrected chi connectivity index (χ0v) is 13.5. The molecule has 0 bridgehead atoms. The summed E-state index contributed by atoms with van der Waals surface area (Å²) in [4.78, 5) is 0. The molecule has 0 saturated carbocycles. The Kier molecular flexibility index (Phi) is 6.90. The van der Waals surface area contributed by atoms with Gasteiger partial charge in [0.2, 0.25) is 0 Å². The Morgan fingerprint density at radius 2 is 1.67 bits per heavy atom. The van der Waals surface area contributed by atoms with E-state index in [0.717, 1.165) is 0 Å². The maximum Gasteiger partial charge on any atom is 0.187 e. The van der Waals surface area contributed by atoms with Crippen LogP contribution < -0.4 is 0 Å². The van der Waals surface area contributed by atoms with Crippen LogP contribution in [0.15, 0.2) is 0 Å². The molecule has 0 aliphatic carbocycles. The lowest BCUT2D eigenvalue weighted by Gasteiger charge is -2.42. The third-order valence-corrected chi connectivity index (χ3v) is 4.46. The van der Waals surface area contributed by atoms with Crippen molar-refractivity contribution >= 4 is 0 Å². The Morgan fingerprint density at radius 1 is 1.00 bits per heavy atom. The van der Waals surface area contributed by atoms with Crippen LogP contribution in [0.1, 0.15) is 6.92 Å². The highest BCUT2D eigenvalue weighted by Gasteiger charge is 2.51. The summed E-state index contributed by atoms with van der Waals surface area (Å²) >= 11 is 0. The van der Waals surface area contributed by atoms with E-state index in [1.807, 2.05) is 0 Å². The molecule has 10 nitrogen and oxygen atoms in total. The van der Waals surface area contributed by atoms with E-state index in [2.05, 4.69) is 0 Å². The topological polar surface area (TPSA) is 158 Å². The van der Waals surface area contributed by atoms with E-state index >= 15 is 0 Å². The Labute approximate surface area is 139 Å². The normalized spacial score (nSPS) is 47.8. The van der Waals surface area contributed by atoms with Gasteiger partial charge in [0, 0.05) is 7.11 Å². The van der Waals surface area contributed by atoms with Crippen LogP contribution in [0.5, 0.6) is 0 Å². The summed E-state index contributed by atoms with van der Waals surface area (Å²) < 4.78 is 21.3. The van der Waals surface area contributed by atoms with Crippen molar-refractivity contribution in [2.75, 3.05) is 20.3 Å². The number of hydrogen-bond acceptors (Lipinski definition) is 10. The van der Waals surface area contributed by atoms with E-state index in [1.165, 1.54) is 7.11 Å². The average Bonchev–Trinajstić information content (AvgIpc) is 2.89. The monoisotopic (exact) mass is 354 g/mol. The summed E-state index contributed by atoms with van der Waals surface area (Å²) in [6.45, 7) is 0.479. The fourth-order valence-electron chi connectivity index (χ4n) is 3.05. The molecule has 24 heavy (non-hydrogen) atoms. The van der Waals surface area contributed by atoms with Crippen molar-refractivity contribution in [1.82, 2.24) is 0 Å². The van der Waals surface area contributed by atoms with Crippen molar-refractivity contribution in [3.05, 3.63) is 0 Å². The summed E-state index contributed by atoms with van der Waals surface area (Å²) in [5.41, 5.74) is 0. The predicted molar refractivity (Wildman–Crippen MR) is 76.9 cm³/mol. The molecule has 10 heteroatoms. The largest absolute Gasteiger partial charge is 0.394 e. The highest BCUT2D eigenvalue weighted by atomic mass is 16.7. The smallest absolute Gasteiger partial charge is 0.187 e. The first-order valence-corrected chi connectivity index (χ1v) is 7.78. The number of ether oxygens (including phenoxy) is 4. The summed E-state index contributed by atoms with van der Waals surface area (Å²) in [7, 11) is 1.30. The van der Waals surface area contributed by atoms with Gasteiger partial charge in [-0.15, -0.1) is 0 Å². The molecule has 2 saturated heterocycles. The van der Waals surface area contributed by atoms with Crippen LogP contribution in [0.3, 0.4) is 0 Å². The summed E-state index contributed by atoms with van der Waals surface area (Å²) in [6.07, 6.45) is -11.3. The second-order valence-corrected chi connectivity index (χ2v) is 6.05. The van der Waals surface area contributed by atoms with Gasteiger partial charge in [-0.05, 0) is 6.92 Å². The molecule has 142 valence electrons. The lowest BCUT2D eigenvalue weighted by Crippen LogP contribution is -2.60. The van der Waals surface area contributed by atoms with Gasteiger partial charge in [-0.25, -0.2) is 0 Å². The number of rotatable bonds is 6. The molecule has 2 heterocycles. The Balaban J connectivity index is 2.11. The fourth-order valence-corrected chi connectivity index (χ4v) is 3.05. The summed E-state index contributed by atoms with van der Waals surface area (Å²) in [5, 5.41) is 58.6. The van der Waals surface area contributed by atoms with Gasteiger partial charge in [0.05, 0.1) is 19.3 Å². The Hall–Kier alpha value is -0.400. The van der Waals surface area contributed by atoms with Crippen LogP contribution in [0.25, 0.3) is 0 Å². The zero-order valence-electron chi connectivity index (χ0n) is 13.5. The summed E-state index contributed by atoms with van der Waals surface area (Å²) in [6, 6.07) is 0. The fraction of sp³-hybridized carbons (Fsp3) is 1.00. The van der Waals surface area contributed by atoms with Gasteiger partial charge in [-0.3, -0.25) is 0 Å². The zero-order chi connectivity index (χ0) is 18.0. The van der Waals surface area contributed by atoms with Gasteiger partial charge in [0.25, 0.3) is 0 Å². The van der Waals surface area contributed by atoms with Crippen molar-refractivity contribution in [1.29, 1.82) is 0 Å². The molecule has 0 radical (unpaired) electrons. The number of aliphatic hydroxyl groups is 6. The van der Waals surface area contributed by atoms with Crippen molar-refractivity contribution in [2.45, 2.75) is 68.1 Å². The molecule has 6 N–H and O–H groups in total. The molecule has 0 aromatic rings. The van der Waals surface area contributed by atoms with Gasteiger partial charge >= 0.3 is 0 Å². The molecular weight excluding hydrogens is 328 g/mol. The van der Waals surface area contributed by atoms with Crippen molar-refractivity contribution in [3.63, 3.8) is 0 Å². The summed E-state index contributed by atoms with van der Waals surface area (Å²) in [5.74, 6) is 0. The average molecular weight is 354 g/mol. The van der Waals surface area contributed by atoms with E-state index in [1.54, 1.807) is 6.92 Å². The van der Waals surface area contributed by atoms with E-state index in [9.17, 15) is 25.5 Å². The van der Waals surface area contributed by atoms with Gasteiger partial charge in [-0.2, -0.15) is 0 Å². The molecule has 0 spiro atoms. The van der Waals surface area contributed by atoms with Crippen LogP contribution in [-0.2, 0) is 18.9 Å². The maximum atomic E-state index is 10.2. The Morgan fingerprint density at radius 3 is 2.21 bits per heavy atom. The minimum absolute atomic E-state index is 0.474. The third-order valence-electron chi connectivity index (χ3n) is 4.46. The van der Waals surface area contributed by atoms with Crippen LogP contribution in [0, 0.1) is 0 Å². The molecule has 0 aromatic carbocycles. The second kappa shape index (κ2) is 8.32. The van der Waals surface area contributed by atoms with Crippen LogP contribution in [0.2, 0.25) is 0 Å². The Bertz CT molecular complexity index is 396. The highest BCUT2D eigenvalue weighted by Crippen LogP contribution is 2.31. The molecule has 0 aromatic heterocycles. The molecule has 2 rings (SSSR count). The van der Waals surface area contributed by atoms with E-state index in [-0.39, 0.29) is 0 Å². The number of methoxy groups -OCH3 is 1. The minimum atomic E-state index is -1.35. The van der Waals surface area contributed by atoms with Crippen LogP contribution in [-0.4, -0.2) is 112 Å². The molecule has 2 aliphatic rings. The first-order valence-electron chi connectivity index (χ1n) is 7.78. The lowest BCUT2D eigenvalue weighted by molar-refractivity contribution is -0.286. The molecule has 3 unspecified atom stereocenters. The molecule has 10 atom stereocenters. The molecule has 2 fully saturated rings. The first-order chi connectivity index (χ1) is 11.3. The van der Waals surface area contributed by atoms with Crippen LogP contribution >= 0.6 is 0 Å². The van der Waals surface area contributed by atoms with Gasteiger partial charge in [0.1, 0.15) is 48.8 Å². The SMILES string of the molecule is COC1[C@H]([C@H](O)CO)O[C@@H](O[C@@H]2C(O)[C@@H](C)OC(CO)[C@@H]2O)[C@H]1O. The van der Waals surface area contributed by atoms with Gasteiger partial charge in [-0.1, -0.05) is 0 Å². The highest BCUT2D eigenvalue weighted by molar-refractivity contribution is 4.96. The van der Waals surface area contributed by atoms with Crippen molar-refractivity contribution < 1.29 is 49.6 Å². The van der Waals surface area contributed by atoms with E-state index in [0.29, 0.717) is 0 Å². The first kappa shape index (κ1) is 19.9. The lowest BCUT2D eigenvalue weighted by atomic mass is 9.95.